The fourth-order valence-corrected chi connectivity index (χ4v) is 4.42. The minimum absolute atomic E-state index is 0.382. The van der Waals surface area contributed by atoms with Gasteiger partial charge in [-0.3, -0.25) is 0 Å². The minimum atomic E-state index is -0.575. The Morgan fingerprint density at radius 2 is 1.00 bits per heavy atom. The number of hydrogen-bond donors (Lipinski definition) is 0. The van der Waals surface area contributed by atoms with Gasteiger partial charge >= 0.3 is 17.9 Å². The molecule has 3 rings (SSSR count). The van der Waals surface area contributed by atoms with Crippen molar-refractivity contribution in [3.63, 3.8) is 0 Å². The number of hydrogen-bond acceptors (Lipinski definition) is 6. The number of para-hydroxylation sites is 1. The molecule has 0 unspecified atom stereocenters. The first-order valence-corrected chi connectivity index (χ1v) is 11.9. The smallest absolute Gasteiger partial charge is 0.335 e. The summed E-state index contributed by atoms with van der Waals surface area (Å²) in [4.78, 5) is 35.9. The zero-order valence-corrected chi connectivity index (χ0v) is 22.0. The molecule has 3 aromatic rings. The number of carbonyl (C=O) groups is 3. The summed E-state index contributed by atoms with van der Waals surface area (Å²) in [7, 11) is 0. The van der Waals surface area contributed by atoms with Gasteiger partial charge in [-0.1, -0.05) is 62.2 Å². The molecule has 0 aliphatic carbocycles. The van der Waals surface area contributed by atoms with Gasteiger partial charge in [0, 0.05) is 29.7 Å². The molecule has 0 saturated carbocycles. The van der Waals surface area contributed by atoms with Gasteiger partial charge in [-0.15, -0.1) is 0 Å². The van der Waals surface area contributed by atoms with Gasteiger partial charge in [0.05, 0.1) is 0 Å². The Morgan fingerprint density at radius 1 is 0.632 bits per heavy atom. The van der Waals surface area contributed by atoms with E-state index in [1.54, 1.807) is 12.1 Å². The van der Waals surface area contributed by atoms with Gasteiger partial charge in [0.25, 0.3) is 0 Å². The Balaban J connectivity index is 2.27. The first kappa shape index (κ1) is 27.9. The average molecular weight is 511 g/mol. The van der Waals surface area contributed by atoms with Crippen LogP contribution in [0.3, 0.4) is 0 Å². The molecular formula is C32H30O6. The van der Waals surface area contributed by atoms with Crippen molar-refractivity contribution in [3.05, 3.63) is 125 Å². The van der Waals surface area contributed by atoms with Crippen molar-refractivity contribution in [1.29, 1.82) is 0 Å². The van der Waals surface area contributed by atoms with Gasteiger partial charge in [-0.05, 0) is 67.1 Å². The molecule has 0 aliphatic rings. The summed E-state index contributed by atoms with van der Waals surface area (Å²) < 4.78 is 16.5. The Labute approximate surface area is 222 Å². The third-order valence-electron chi connectivity index (χ3n) is 5.98. The van der Waals surface area contributed by atoms with Crippen LogP contribution < -0.4 is 14.2 Å². The summed E-state index contributed by atoms with van der Waals surface area (Å²) in [6, 6.07) is 15.0. The monoisotopic (exact) mass is 510 g/mol. The molecule has 0 spiro atoms. The molecular weight excluding hydrogens is 480 g/mol. The van der Waals surface area contributed by atoms with Crippen molar-refractivity contribution in [1.82, 2.24) is 0 Å². The predicted octanol–water partition coefficient (Wildman–Crippen LogP) is 6.37. The topological polar surface area (TPSA) is 78.9 Å². The van der Waals surface area contributed by atoms with Crippen LogP contribution in [0, 0.1) is 27.7 Å². The number of rotatable bonds is 9. The molecule has 0 atom stereocenters. The van der Waals surface area contributed by atoms with Gasteiger partial charge in [-0.2, -0.15) is 0 Å². The van der Waals surface area contributed by atoms with Crippen LogP contribution in [-0.4, -0.2) is 17.9 Å². The van der Waals surface area contributed by atoms with E-state index in [0.29, 0.717) is 17.2 Å². The average Bonchev–Trinajstić information content (AvgIpc) is 2.89. The molecule has 194 valence electrons. The van der Waals surface area contributed by atoms with Gasteiger partial charge in [0.2, 0.25) is 0 Å². The molecule has 0 radical (unpaired) electrons. The minimum Gasteiger partial charge on any atom is -0.423 e. The Morgan fingerprint density at radius 3 is 1.39 bits per heavy atom. The number of carbonyl (C=O) groups excluding carboxylic acids is 3. The van der Waals surface area contributed by atoms with E-state index < -0.39 is 17.9 Å². The third kappa shape index (κ3) is 6.16. The predicted molar refractivity (Wildman–Crippen MR) is 147 cm³/mol. The summed E-state index contributed by atoms with van der Waals surface area (Å²) in [6.07, 6.45) is 3.35. The van der Waals surface area contributed by atoms with E-state index in [9.17, 15) is 14.4 Å². The van der Waals surface area contributed by atoms with Gasteiger partial charge < -0.3 is 14.2 Å². The van der Waals surface area contributed by atoms with Gasteiger partial charge in [0.15, 0.2) is 0 Å². The molecule has 0 aromatic heterocycles. The SMILES string of the molecule is C=CC(=O)Oc1ccccc1C(c1cc(C)c(OC(=O)C=C)c(C)c1)c1cc(C)c(OC(=O)C=C)c(C)c1. The maximum Gasteiger partial charge on any atom is 0.335 e. The second-order valence-electron chi connectivity index (χ2n) is 8.81. The molecule has 0 aliphatic heterocycles. The van der Waals surface area contributed by atoms with Crippen LogP contribution in [0.15, 0.2) is 86.5 Å². The largest absolute Gasteiger partial charge is 0.423 e. The van der Waals surface area contributed by atoms with Crippen molar-refractivity contribution in [2.24, 2.45) is 0 Å². The van der Waals surface area contributed by atoms with Gasteiger partial charge in [-0.25, -0.2) is 14.4 Å². The Bertz CT molecular complexity index is 1320. The maximum atomic E-state index is 12.1. The first-order valence-electron chi connectivity index (χ1n) is 11.9. The second-order valence-corrected chi connectivity index (χ2v) is 8.81. The fourth-order valence-electron chi connectivity index (χ4n) is 4.42. The summed E-state index contributed by atoms with van der Waals surface area (Å²) >= 11 is 0. The van der Waals surface area contributed by atoms with E-state index in [1.807, 2.05) is 64.1 Å². The second kappa shape index (κ2) is 12.0. The van der Waals surface area contributed by atoms with Crippen molar-refractivity contribution in [2.45, 2.75) is 33.6 Å². The molecule has 38 heavy (non-hydrogen) atoms. The summed E-state index contributed by atoms with van der Waals surface area (Å²) in [5, 5.41) is 0. The molecule has 0 heterocycles. The number of ether oxygens (including phenoxy) is 3. The molecule has 6 heteroatoms. The van der Waals surface area contributed by atoms with E-state index in [2.05, 4.69) is 19.7 Å². The van der Waals surface area contributed by atoms with Gasteiger partial charge in [0.1, 0.15) is 17.2 Å². The van der Waals surface area contributed by atoms with E-state index in [1.165, 1.54) is 0 Å². The lowest BCUT2D eigenvalue weighted by molar-refractivity contribution is -0.129. The van der Waals surface area contributed by atoms with Crippen molar-refractivity contribution in [2.75, 3.05) is 0 Å². The van der Waals surface area contributed by atoms with Crippen LogP contribution in [0.5, 0.6) is 17.2 Å². The molecule has 0 N–H and O–H groups in total. The molecule has 0 bridgehead atoms. The highest BCUT2D eigenvalue weighted by Gasteiger charge is 2.25. The maximum absolute atomic E-state index is 12.1. The van der Waals surface area contributed by atoms with Crippen LogP contribution in [-0.2, 0) is 14.4 Å². The van der Waals surface area contributed by atoms with E-state index in [0.717, 1.165) is 57.2 Å². The fraction of sp³-hybridized carbons (Fsp3) is 0.156. The number of benzene rings is 3. The number of aryl methyl sites for hydroxylation is 4. The zero-order chi connectivity index (χ0) is 28.0. The summed E-state index contributed by atoms with van der Waals surface area (Å²) in [5.41, 5.74) is 5.53. The lowest BCUT2D eigenvalue weighted by Gasteiger charge is -2.24. The third-order valence-corrected chi connectivity index (χ3v) is 5.98. The van der Waals surface area contributed by atoms with Crippen LogP contribution >= 0.6 is 0 Å². The van der Waals surface area contributed by atoms with Crippen molar-refractivity contribution >= 4 is 17.9 Å². The van der Waals surface area contributed by atoms with Crippen LogP contribution in [0.4, 0.5) is 0 Å². The summed E-state index contributed by atoms with van der Waals surface area (Å²) in [5.74, 6) is -0.736. The molecule has 0 amide bonds. The molecule has 0 fully saturated rings. The van der Waals surface area contributed by atoms with Crippen LogP contribution in [0.1, 0.15) is 44.9 Å². The molecule has 0 saturated heterocycles. The number of esters is 3. The summed E-state index contributed by atoms with van der Waals surface area (Å²) in [6.45, 7) is 17.9. The van der Waals surface area contributed by atoms with Crippen molar-refractivity contribution in [3.8, 4) is 17.2 Å². The normalized spacial score (nSPS) is 10.4. The lowest BCUT2D eigenvalue weighted by Crippen LogP contribution is -2.12. The first-order chi connectivity index (χ1) is 18.1. The van der Waals surface area contributed by atoms with E-state index in [-0.39, 0.29) is 5.92 Å². The van der Waals surface area contributed by atoms with Crippen LogP contribution in [0.2, 0.25) is 0 Å². The van der Waals surface area contributed by atoms with Crippen LogP contribution in [0.25, 0.3) is 0 Å². The lowest BCUT2D eigenvalue weighted by atomic mass is 9.82. The Hall–Kier alpha value is -4.71. The molecule has 6 nitrogen and oxygen atoms in total. The standard InChI is InChI=1S/C32H30O6/c1-8-27(33)36-26-14-12-11-13-25(26)30(23-15-19(4)31(20(5)16-23)37-28(34)9-2)24-17-21(6)32(22(7)18-24)38-29(35)10-3/h8-18,30H,1-3H2,4-7H3. The zero-order valence-electron chi connectivity index (χ0n) is 22.0. The van der Waals surface area contributed by atoms with E-state index >= 15 is 0 Å². The van der Waals surface area contributed by atoms with Crippen molar-refractivity contribution < 1.29 is 28.6 Å². The highest BCUT2D eigenvalue weighted by atomic mass is 16.5. The highest BCUT2D eigenvalue weighted by molar-refractivity contribution is 5.85. The van der Waals surface area contributed by atoms with E-state index in [4.69, 9.17) is 14.2 Å². The highest BCUT2D eigenvalue weighted by Crippen LogP contribution is 2.41. The quantitative estimate of drug-likeness (QED) is 0.144. The Kier molecular flexibility index (Phi) is 8.81. The molecule has 3 aromatic carbocycles.